The molecule has 0 radical (unpaired) electrons. The first kappa shape index (κ1) is 23.7. The van der Waals surface area contributed by atoms with Gasteiger partial charge >= 0.3 is 12.1 Å². The van der Waals surface area contributed by atoms with Crippen molar-refractivity contribution in [3.05, 3.63) is 65.2 Å². The highest BCUT2D eigenvalue weighted by molar-refractivity contribution is 6.33. The van der Waals surface area contributed by atoms with Crippen LogP contribution in [0.3, 0.4) is 0 Å². The molecule has 3 aromatic carbocycles. The van der Waals surface area contributed by atoms with Gasteiger partial charge < -0.3 is 19.9 Å². The van der Waals surface area contributed by atoms with Crippen LogP contribution in [0.1, 0.15) is 10.4 Å². The van der Waals surface area contributed by atoms with Crippen molar-refractivity contribution in [3.8, 4) is 5.75 Å². The third-order valence-corrected chi connectivity index (χ3v) is 5.97. The minimum absolute atomic E-state index is 0.0606. The molecule has 1 aliphatic heterocycles. The molecule has 1 N–H and O–H groups in total. The zero-order chi connectivity index (χ0) is 24.5. The van der Waals surface area contributed by atoms with E-state index in [-0.39, 0.29) is 32.1 Å². The van der Waals surface area contributed by atoms with Gasteiger partial charge in [0.15, 0.2) is 0 Å². The molecule has 34 heavy (non-hydrogen) atoms. The van der Waals surface area contributed by atoms with E-state index in [1.165, 1.54) is 7.11 Å². The third-order valence-electron chi connectivity index (χ3n) is 5.67. The summed E-state index contributed by atoms with van der Waals surface area (Å²) >= 11 is 6.42. The molecule has 1 fully saturated rings. The molecule has 0 aromatic heterocycles. The molecule has 0 atom stereocenters. The molecule has 1 heterocycles. The predicted molar refractivity (Wildman–Crippen MR) is 125 cm³/mol. The minimum atomic E-state index is -4.88. The van der Waals surface area contributed by atoms with Crippen LogP contribution in [0.5, 0.6) is 5.75 Å². The van der Waals surface area contributed by atoms with Gasteiger partial charge in [0.1, 0.15) is 5.75 Å². The fourth-order valence-electron chi connectivity index (χ4n) is 3.93. The molecule has 1 saturated heterocycles. The number of ether oxygens (including phenoxy) is 1. The number of fused-ring (bicyclic) bond motifs is 1. The standard InChI is InChI=1S/C24H21ClF3N3O3/c1-34-21-13-16-5-3-2-4-15(16)12-18(21)22(32)29-17-6-7-20(19(25)14-17)30-8-10-31(11-9-30)23(33)24(26,27)28/h2-7,12-14H,8-11H2,1H3,(H,29,32). The van der Waals surface area contributed by atoms with Crippen LogP contribution >= 0.6 is 11.6 Å². The SMILES string of the molecule is COc1cc2ccccc2cc1C(=O)Nc1ccc(N2CCN(C(=O)C(F)(F)F)CC2)c(Cl)c1. The highest BCUT2D eigenvalue weighted by Gasteiger charge is 2.43. The molecule has 2 amide bonds. The normalized spacial score (nSPS) is 14.3. The molecule has 0 saturated carbocycles. The molecular weight excluding hydrogens is 471 g/mol. The monoisotopic (exact) mass is 491 g/mol. The maximum Gasteiger partial charge on any atom is 0.471 e. The Morgan fingerprint density at radius 2 is 1.62 bits per heavy atom. The van der Waals surface area contributed by atoms with E-state index in [0.29, 0.717) is 27.7 Å². The Morgan fingerprint density at radius 1 is 0.971 bits per heavy atom. The van der Waals surface area contributed by atoms with Crippen molar-refractivity contribution in [2.24, 2.45) is 0 Å². The summed E-state index contributed by atoms with van der Waals surface area (Å²) in [5.41, 5.74) is 1.44. The summed E-state index contributed by atoms with van der Waals surface area (Å²) < 4.78 is 43.3. The Labute approximate surface area is 198 Å². The second kappa shape index (κ2) is 9.42. The van der Waals surface area contributed by atoms with Gasteiger partial charge in [-0.25, -0.2) is 0 Å². The van der Waals surface area contributed by atoms with Crippen LogP contribution in [-0.2, 0) is 4.79 Å². The fourth-order valence-corrected chi connectivity index (χ4v) is 4.24. The van der Waals surface area contributed by atoms with E-state index in [9.17, 15) is 22.8 Å². The Kier molecular flexibility index (Phi) is 6.56. The van der Waals surface area contributed by atoms with Crippen LogP contribution in [-0.4, -0.2) is 56.2 Å². The maximum absolute atomic E-state index is 12.9. The Balaban J connectivity index is 1.47. The summed E-state index contributed by atoms with van der Waals surface area (Å²) in [4.78, 5) is 27.0. The van der Waals surface area contributed by atoms with Gasteiger partial charge in [-0.1, -0.05) is 35.9 Å². The zero-order valence-electron chi connectivity index (χ0n) is 18.2. The van der Waals surface area contributed by atoms with Crippen LogP contribution in [0.2, 0.25) is 5.02 Å². The summed E-state index contributed by atoms with van der Waals surface area (Å²) in [5, 5.41) is 4.98. The number of alkyl halides is 3. The van der Waals surface area contributed by atoms with E-state index in [4.69, 9.17) is 16.3 Å². The van der Waals surface area contributed by atoms with Gasteiger partial charge in [0, 0.05) is 31.9 Å². The van der Waals surface area contributed by atoms with Crippen molar-refractivity contribution in [3.63, 3.8) is 0 Å². The number of carbonyl (C=O) groups excluding carboxylic acids is 2. The molecule has 0 bridgehead atoms. The third kappa shape index (κ3) is 4.89. The van der Waals surface area contributed by atoms with Crippen molar-refractivity contribution in [2.75, 3.05) is 43.5 Å². The topological polar surface area (TPSA) is 61.9 Å². The van der Waals surface area contributed by atoms with E-state index in [2.05, 4.69) is 5.32 Å². The number of nitrogens with zero attached hydrogens (tertiary/aromatic N) is 2. The summed E-state index contributed by atoms with van der Waals surface area (Å²) in [6, 6.07) is 16.1. The number of hydrogen-bond donors (Lipinski definition) is 1. The Hall–Kier alpha value is -3.46. The molecule has 4 rings (SSSR count). The number of amides is 2. The highest BCUT2D eigenvalue weighted by atomic mass is 35.5. The number of hydrogen-bond acceptors (Lipinski definition) is 4. The molecule has 0 aliphatic carbocycles. The van der Waals surface area contributed by atoms with E-state index in [0.717, 1.165) is 15.7 Å². The molecule has 3 aromatic rings. The lowest BCUT2D eigenvalue weighted by molar-refractivity contribution is -0.185. The summed E-state index contributed by atoms with van der Waals surface area (Å²) in [6.07, 6.45) is -4.88. The first-order valence-corrected chi connectivity index (χ1v) is 10.8. The second-order valence-electron chi connectivity index (χ2n) is 7.80. The van der Waals surface area contributed by atoms with Crippen LogP contribution in [0, 0.1) is 0 Å². The zero-order valence-corrected chi connectivity index (χ0v) is 18.9. The molecular formula is C24H21ClF3N3O3. The first-order chi connectivity index (χ1) is 16.2. The van der Waals surface area contributed by atoms with Gasteiger partial charge in [0.05, 0.1) is 23.4 Å². The number of piperazine rings is 1. The summed E-state index contributed by atoms with van der Waals surface area (Å²) in [7, 11) is 1.49. The molecule has 6 nitrogen and oxygen atoms in total. The molecule has 1 aliphatic rings. The number of rotatable bonds is 4. The first-order valence-electron chi connectivity index (χ1n) is 10.5. The maximum atomic E-state index is 12.9. The molecule has 10 heteroatoms. The fraction of sp³-hybridized carbons (Fsp3) is 0.250. The van der Waals surface area contributed by atoms with Gasteiger partial charge in [-0.15, -0.1) is 0 Å². The average Bonchev–Trinajstić information content (AvgIpc) is 2.82. The molecule has 0 unspecified atom stereocenters. The van der Waals surface area contributed by atoms with Crippen LogP contribution in [0.15, 0.2) is 54.6 Å². The van der Waals surface area contributed by atoms with Gasteiger partial charge in [-0.05, 0) is 41.1 Å². The summed E-state index contributed by atoms with van der Waals surface area (Å²) in [5.74, 6) is -1.77. The van der Waals surface area contributed by atoms with Crippen LogP contribution < -0.4 is 15.0 Å². The van der Waals surface area contributed by atoms with Crippen molar-refractivity contribution in [1.29, 1.82) is 0 Å². The van der Waals surface area contributed by atoms with Crippen molar-refractivity contribution >= 4 is 45.6 Å². The largest absolute Gasteiger partial charge is 0.496 e. The van der Waals surface area contributed by atoms with Crippen LogP contribution in [0.4, 0.5) is 24.5 Å². The Morgan fingerprint density at radius 3 is 2.21 bits per heavy atom. The molecule has 178 valence electrons. The number of benzene rings is 3. The summed E-state index contributed by atoms with van der Waals surface area (Å²) in [6.45, 7) is 0.299. The lowest BCUT2D eigenvalue weighted by atomic mass is 10.1. The lowest BCUT2D eigenvalue weighted by Crippen LogP contribution is -2.52. The van der Waals surface area contributed by atoms with Crippen molar-refractivity contribution in [2.45, 2.75) is 6.18 Å². The predicted octanol–water partition coefficient (Wildman–Crippen LogP) is 4.97. The second-order valence-corrected chi connectivity index (χ2v) is 8.20. The van der Waals surface area contributed by atoms with Gasteiger partial charge in [-0.2, -0.15) is 13.2 Å². The number of halogens is 4. The van der Waals surface area contributed by atoms with Gasteiger partial charge in [-0.3, -0.25) is 9.59 Å². The van der Waals surface area contributed by atoms with Gasteiger partial charge in [0.2, 0.25) is 0 Å². The van der Waals surface area contributed by atoms with E-state index < -0.39 is 12.1 Å². The Bertz CT molecular complexity index is 1240. The highest BCUT2D eigenvalue weighted by Crippen LogP contribution is 2.32. The van der Waals surface area contributed by atoms with Gasteiger partial charge in [0.25, 0.3) is 5.91 Å². The lowest BCUT2D eigenvalue weighted by Gasteiger charge is -2.36. The van der Waals surface area contributed by atoms with E-state index in [1.54, 1.807) is 35.2 Å². The number of methoxy groups -OCH3 is 1. The minimum Gasteiger partial charge on any atom is -0.496 e. The number of carbonyl (C=O) groups is 2. The smallest absolute Gasteiger partial charge is 0.471 e. The van der Waals surface area contributed by atoms with Crippen molar-refractivity contribution < 1.29 is 27.5 Å². The average molecular weight is 492 g/mol. The molecule has 0 spiro atoms. The quantitative estimate of drug-likeness (QED) is 0.560. The van der Waals surface area contributed by atoms with Crippen LogP contribution in [0.25, 0.3) is 10.8 Å². The van der Waals surface area contributed by atoms with E-state index in [1.807, 2.05) is 24.3 Å². The number of nitrogens with one attached hydrogen (secondary N) is 1. The van der Waals surface area contributed by atoms with Crippen molar-refractivity contribution in [1.82, 2.24) is 4.90 Å². The number of anilines is 2. The van der Waals surface area contributed by atoms with E-state index >= 15 is 0 Å².